The first kappa shape index (κ1) is 11.3. The zero-order chi connectivity index (χ0) is 11.4. The van der Waals surface area contributed by atoms with Gasteiger partial charge in [-0.25, -0.2) is 4.79 Å². The van der Waals surface area contributed by atoms with Crippen LogP contribution in [-0.4, -0.2) is 17.7 Å². The highest BCUT2D eigenvalue weighted by Gasteiger charge is 2.19. The van der Waals surface area contributed by atoms with E-state index in [9.17, 15) is 9.90 Å². The molecule has 0 amide bonds. The molecule has 15 heavy (non-hydrogen) atoms. The molecule has 0 aliphatic rings. The summed E-state index contributed by atoms with van der Waals surface area (Å²) in [6, 6.07) is 4.37. The van der Waals surface area contributed by atoms with Crippen LogP contribution in [0.25, 0.3) is 0 Å². The van der Waals surface area contributed by atoms with Gasteiger partial charge in [-0.3, -0.25) is 0 Å². The molecule has 1 aromatic rings. The van der Waals surface area contributed by atoms with Crippen LogP contribution < -0.4 is 0 Å². The molecule has 0 saturated heterocycles. The third-order valence-electron chi connectivity index (χ3n) is 1.72. The zero-order valence-electron chi connectivity index (χ0n) is 7.95. The van der Waals surface area contributed by atoms with Crippen molar-refractivity contribution in [1.29, 1.82) is 5.26 Å². The average molecular weight is 226 g/mol. The minimum absolute atomic E-state index is 0.0799. The molecule has 0 heterocycles. The van der Waals surface area contributed by atoms with Gasteiger partial charge in [-0.15, -0.1) is 0 Å². The van der Waals surface area contributed by atoms with Gasteiger partial charge in [0.05, 0.1) is 22.8 Å². The van der Waals surface area contributed by atoms with Gasteiger partial charge in [0, 0.05) is 0 Å². The number of phenols is 1. The van der Waals surface area contributed by atoms with E-state index in [1.807, 2.05) is 0 Å². The van der Waals surface area contributed by atoms with E-state index in [2.05, 4.69) is 0 Å². The topological polar surface area (TPSA) is 70.3 Å². The molecule has 0 aromatic heterocycles. The van der Waals surface area contributed by atoms with E-state index in [0.29, 0.717) is 0 Å². The molecule has 4 nitrogen and oxygen atoms in total. The van der Waals surface area contributed by atoms with Crippen LogP contribution in [0.15, 0.2) is 12.1 Å². The van der Waals surface area contributed by atoms with Gasteiger partial charge in [0.15, 0.2) is 0 Å². The molecule has 1 aromatic carbocycles. The molecular formula is C10H8ClNO3. The number of ether oxygens (including phenoxy) is 1. The van der Waals surface area contributed by atoms with Crippen LogP contribution in [-0.2, 0) is 4.74 Å². The Morgan fingerprint density at radius 1 is 1.67 bits per heavy atom. The van der Waals surface area contributed by atoms with Gasteiger partial charge >= 0.3 is 5.97 Å². The minimum atomic E-state index is -0.713. The van der Waals surface area contributed by atoms with E-state index in [0.717, 1.165) is 0 Å². The molecule has 78 valence electrons. The standard InChI is InChI=1S/C10H8ClNO3/c1-2-15-10(14)8-6(5-12)3-4-7(13)9(8)11/h3-4,13H,2H2,1H3. The third kappa shape index (κ3) is 2.20. The summed E-state index contributed by atoms with van der Waals surface area (Å²) in [5, 5.41) is 17.9. The van der Waals surface area contributed by atoms with Crippen LogP contribution in [0.2, 0.25) is 5.02 Å². The lowest BCUT2D eigenvalue weighted by atomic mass is 10.1. The monoisotopic (exact) mass is 225 g/mol. The second-order valence-electron chi connectivity index (χ2n) is 2.65. The van der Waals surface area contributed by atoms with Crippen molar-refractivity contribution in [2.24, 2.45) is 0 Å². The van der Waals surface area contributed by atoms with Crippen molar-refractivity contribution in [3.63, 3.8) is 0 Å². The number of aromatic hydroxyl groups is 1. The molecule has 0 aliphatic carbocycles. The Balaban J connectivity index is 3.31. The third-order valence-corrected chi connectivity index (χ3v) is 2.10. The highest BCUT2D eigenvalue weighted by molar-refractivity contribution is 6.35. The molecular weight excluding hydrogens is 218 g/mol. The van der Waals surface area contributed by atoms with E-state index in [4.69, 9.17) is 21.6 Å². The summed E-state index contributed by atoms with van der Waals surface area (Å²) >= 11 is 5.71. The quantitative estimate of drug-likeness (QED) is 0.783. The summed E-state index contributed by atoms with van der Waals surface area (Å²) in [7, 11) is 0. The largest absolute Gasteiger partial charge is 0.506 e. The summed E-state index contributed by atoms with van der Waals surface area (Å²) in [6.07, 6.45) is 0. The molecule has 0 unspecified atom stereocenters. The molecule has 0 radical (unpaired) electrons. The Kier molecular flexibility index (Phi) is 3.53. The van der Waals surface area contributed by atoms with E-state index in [-0.39, 0.29) is 28.5 Å². The van der Waals surface area contributed by atoms with Crippen molar-refractivity contribution >= 4 is 17.6 Å². The molecule has 1 rings (SSSR count). The Morgan fingerprint density at radius 2 is 2.33 bits per heavy atom. The van der Waals surface area contributed by atoms with Crippen LogP contribution in [0.5, 0.6) is 5.75 Å². The predicted octanol–water partition coefficient (Wildman–Crippen LogP) is 2.09. The molecule has 1 N–H and O–H groups in total. The number of halogens is 1. The molecule has 0 saturated carbocycles. The predicted molar refractivity (Wildman–Crippen MR) is 53.8 cm³/mol. The molecule has 0 spiro atoms. The van der Waals surface area contributed by atoms with E-state index >= 15 is 0 Å². The number of carbonyl (C=O) groups is 1. The van der Waals surface area contributed by atoms with Crippen molar-refractivity contribution in [2.45, 2.75) is 6.92 Å². The number of rotatable bonds is 2. The number of esters is 1. The average Bonchev–Trinajstić information content (AvgIpc) is 2.22. The second kappa shape index (κ2) is 4.67. The van der Waals surface area contributed by atoms with Crippen LogP contribution in [0.1, 0.15) is 22.8 Å². The van der Waals surface area contributed by atoms with Gasteiger partial charge in [-0.2, -0.15) is 5.26 Å². The zero-order valence-corrected chi connectivity index (χ0v) is 8.71. The molecule has 0 fully saturated rings. The number of hydrogen-bond donors (Lipinski definition) is 1. The number of nitriles is 1. The maximum Gasteiger partial charge on any atom is 0.341 e. The Hall–Kier alpha value is -1.73. The second-order valence-corrected chi connectivity index (χ2v) is 3.03. The lowest BCUT2D eigenvalue weighted by Gasteiger charge is -2.06. The van der Waals surface area contributed by atoms with Crippen molar-refractivity contribution in [3.8, 4) is 11.8 Å². The molecule has 5 heteroatoms. The summed E-state index contributed by atoms with van der Waals surface area (Å²) < 4.78 is 4.72. The summed E-state index contributed by atoms with van der Waals surface area (Å²) in [5.41, 5.74) is -0.0164. The maximum absolute atomic E-state index is 11.4. The van der Waals surface area contributed by atoms with Crippen molar-refractivity contribution in [1.82, 2.24) is 0 Å². The molecule has 0 aliphatic heterocycles. The lowest BCUT2D eigenvalue weighted by molar-refractivity contribution is 0.0526. The minimum Gasteiger partial charge on any atom is -0.506 e. The van der Waals surface area contributed by atoms with Gasteiger partial charge in [-0.1, -0.05) is 11.6 Å². The molecule has 0 bridgehead atoms. The molecule has 0 atom stereocenters. The fraction of sp³-hybridized carbons (Fsp3) is 0.200. The summed E-state index contributed by atoms with van der Waals surface area (Å²) in [4.78, 5) is 11.4. The maximum atomic E-state index is 11.4. The lowest BCUT2D eigenvalue weighted by Crippen LogP contribution is -2.07. The van der Waals surface area contributed by atoms with Gasteiger partial charge in [0.25, 0.3) is 0 Å². The van der Waals surface area contributed by atoms with Crippen molar-refractivity contribution in [3.05, 3.63) is 28.3 Å². The van der Waals surface area contributed by atoms with Gasteiger partial charge in [0.1, 0.15) is 11.8 Å². The number of carbonyl (C=O) groups excluding carboxylic acids is 1. The highest BCUT2D eigenvalue weighted by atomic mass is 35.5. The van der Waals surface area contributed by atoms with Gasteiger partial charge in [-0.05, 0) is 19.1 Å². The van der Waals surface area contributed by atoms with Crippen molar-refractivity contribution in [2.75, 3.05) is 6.61 Å². The first-order valence-corrected chi connectivity index (χ1v) is 4.58. The van der Waals surface area contributed by atoms with Crippen LogP contribution in [0.3, 0.4) is 0 Å². The number of hydrogen-bond acceptors (Lipinski definition) is 4. The van der Waals surface area contributed by atoms with Crippen LogP contribution >= 0.6 is 11.6 Å². The van der Waals surface area contributed by atoms with Gasteiger partial charge < -0.3 is 9.84 Å². The Bertz CT molecular complexity index is 437. The van der Waals surface area contributed by atoms with Crippen molar-refractivity contribution < 1.29 is 14.6 Å². The highest BCUT2D eigenvalue weighted by Crippen LogP contribution is 2.29. The number of phenolic OH excluding ortho intramolecular Hbond substituents is 1. The fourth-order valence-corrected chi connectivity index (χ4v) is 1.30. The SMILES string of the molecule is CCOC(=O)c1c(C#N)ccc(O)c1Cl. The Morgan fingerprint density at radius 3 is 2.87 bits per heavy atom. The van der Waals surface area contributed by atoms with E-state index in [1.54, 1.807) is 13.0 Å². The van der Waals surface area contributed by atoms with Crippen LogP contribution in [0.4, 0.5) is 0 Å². The Labute approximate surface area is 91.7 Å². The summed E-state index contributed by atoms with van der Waals surface area (Å²) in [5.74, 6) is -0.964. The number of benzene rings is 1. The van der Waals surface area contributed by atoms with E-state index in [1.165, 1.54) is 12.1 Å². The van der Waals surface area contributed by atoms with E-state index < -0.39 is 5.97 Å². The first-order valence-electron chi connectivity index (χ1n) is 4.20. The van der Waals surface area contributed by atoms with Crippen LogP contribution in [0, 0.1) is 11.3 Å². The number of nitrogens with zero attached hydrogens (tertiary/aromatic N) is 1. The smallest absolute Gasteiger partial charge is 0.341 e. The normalized spacial score (nSPS) is 9.40. The summed E-state index contributed by atoms with van der Waals surface area (Å²) in [6.45, 7) is 1.82. The fourth-order valence-electron chi connectivity index (χ4n) is 1.06. The first-order chi connectivity index (χ1) is 7.11. The van der Waals surface area contributed by atoms with Gasteiger partial charge in [0.2, 0.25) is 0 Å².